The fraction of sp³-hybridized carbons (Fsp3) is 0.955. The van der Waals surface area contributed by atoms with E-state index in [1.165, 1.54) is 308 Å². The van der Waals surface area contributed by atoms with Gasteiger partial charge in [0.05, 0.1) is 26.4 Å². The molecule has 0 fully saturated rings. The van der Waals surface area contributed by atoms with Gasteiger partial charge in [0.25, 0.3) is 0 Å². The first-order chi connectivity index (χ1) is 52.6. The average Bonchev–Trinajstić information content (AvgIpc) is 0.900. The van der Waals surface area contributed by atoms with Gasteiger partial charge < -0.3 is 33.8 Å². The summed E-state index contributed by atoms with van der Waals surface area (Å²) >= 11 is 0. The van der Waals surface area contributed by atoms with Crippen LogP contribution in [-0.4, -0.2) is 96.7 Å². The molecule has 0 aliphatic heterocycles. The van der Waals surface area contributed by atoms with E-state index in [2.05, 4.69) is 34.6 Å². The van der Waals surface area contributed by atoms with E-state index in [1.807, 2.05) is 0 Å². The highest BCUT2D eigenvalue weighted by Crippen LogP contribution is 2.45. The third-order valence-electron chi connectivity index (χ3n) is 21.4. The molecule has 642 valence electrons. The van der Waals surface area contributed by atoms with E-state index in [-0.39, 0.29) is 25.7 Å². The highest BCUT2D eigenvalue weighted by Gasteiger charge is 2.31. The summed E-state index contributed by atoms with van der Waals surface area (Å²) in [6.45, 7) is 7.36. The number of hydrogen-bond acceptors (Lipinski definition) is 15. The van der Waals surface area contributed by atoms with Gasteiger partial charge in [-0.3, -0.25) is 37.3 Å². The number of unbranched alkanes of at least 4 members (excludes halogenated alkanes) is 60. The standard InChI is InChI=1S/C89H174O17P2/c1-6-10-13-16-19-22-25-28-30-32-34-36-38-40-42-44-46-49-52-58-63-68-73-87(92)99-78-84(105-88(93)74-69-64-59-53-50-47-45-43-41-39-37-35-33-31-29-26-23-20-17-14-11-7-2)80-103-107(95,96)101-76-83(90)77-102-108(97,98)104-81-85(106-89(94)75-70-65-60-55-54-56-61-66-71-82(5)9-4)79-100-86(91)72-67-62-57-51-48-27-24-21-18-15-12-8-3/h82-85,90H,6-81H2,1-5H3,(H,95,96)(H,97,98)/t82?,83-,84-,85-/m1/s1. The van der Waals surface area contributed by atoms with Crippen molar-refractivity contribution in [1.29, 1.82) is 0 Å². The van der Waals surface area contributed by atoms with Gasteiger partial charge in [0.1, 0.15) is 19.3 Å². The number of carbonyl (C=O) groups is 4. The Morgan fingerprint density at radius 3 is 0.657 bits per heavy atom. The van der Waals surface area contributed by atoms with Crippen LogP contribution < -0.4 is 0 Å². The number of ether oxygens (including phenoxy) is 4. The van der Waals surface area contributed by atoms with E-state index < -0.39 is 97.5 Å². The lowest BCUT2D eigenvalue weighted by molar-refractivity contribution is -0.161. The predicted octanol–water partition coefficient (Wildman–Crippen LogP) is 27.5. The summed E-state index contributed by atoms with van der Waals surface area (Å²) in [7, 11) is -9.93. The third-order valence-corrected chi connectivity index (χ3v) is 23.3. The monoisotopic (exact) mass is 1580 g/mol. The zero-order valence-corrected chi connectivity index (χ0v) is 72.8. The van der Waals surface area contributed by atoms with Crippen molar-refractivity contribution in [2.75, 3.05) is 39.6 Å². The molecular weight excluding hydrogens is 1400 g/mol. The Kier molecular flexibility index (Phi) is 80.2. The predicted molar refractivity (Wildman–Crippen MR) is 446 cm³/mol. The molecule has 0 aromatic rings. The molecule has 3 unspecified atom stereocenters. The van der Waals surface area contributed by atoms with Gasteiger partial charge in [0.15, 0.2) is 12.2 Å². The lowest BCUT2D eigenvalue weighted by Gasteiger charge is -2.21. The molecule has 3 N–H and O–H groups in total. The van der Waals surface area contributed by atoms with Crippen molar-refractivity contribution in [1.82, 2.24) is 0 Å². The van der Waals surface area contributed by atoms with Crippen molar-refractivity contribution in [2.24, 2.45) is 5.92 Å². The number of carbonyl (C=O) groups excluding carboxylic acids is 4. The maximum atomic E-state index is 13.2. The highest BCUT2D eigenvalue weighted by molar-refractivity contribution is 7.47. The molecule has 0 aromatic carbocycles. The van der Waals surface area contributed by atoms with E-state index in [0.717, 1.165) is 95.8 Å². The molecule has 0 aromatic heterocycles. The Balaban J connectivity index is 5.20. The first-order valence-electron chi connectivity index (χ1n) is 46.2. The van der Waals surface area contributed by atoms with Crippen LogP contribution in [0.1, 0.15) is 484 Å². The first-order valence-corrected chi connectivity index (χ1v) is 49.2. The molecule has 108 heavy (non-hydrogen) atoms. The zero-order valence-electron chi connectivity index (χ0n) is 71.0. The van der Waals surface area contributed by atoms with Gasteiger partial charge in [-0.25, -0.2) is 9.13 Å². The van der Waals surface area contributed by atoms with Crippen LogP contribution in [0.4, 0.5) is 0 Å². The summed E-state index contributed by atoms with van der Waals surface area (Å²) in [6, 6.07) is 0. The van der Waals surface area contributed by atoms with E-state index in [1.54, 1.807) is 0 Å². The molecule has 0 aliphatic carbocycles. The molecule has 0 saturated heterocycles. The van der Waals surface area contributed by atoms with E-state index in [9.17, 15) is 43.2 Å². The molecule has 0 bridgehead atoms. The van der Waals surface area contributed by atoms with Gasteiger partial charge in [-0.15, -0.1) is 0 Å². The summed E-state index contributed by atoms with van der Waals surface area (Å²) in [5.74, 6) is -1.33. The van der Waals surface area contributed by atoms with Crippen LogP contribution >= 0.6 is 15.6 Å². The van der Waals surface area contributed by atoms with Gasteiger partial charge in [-0.1, -0.05) is 433 Å². The number of phosphoric acid groups is 2. The molecule has 6 atom stereocenters. The van der Waals surface area contributed by atoms with Gasteiger partial charge in [-0.05, 0) is 31.6 Å². The van der Waals surface area contributed by atoms with Crippen molar-refractivity contribution in [2.45, 2.75) is 502 Å². The number of rotatable bonds is 89. The summed E-state index contributed by atoms with van der Waals surface area (Å²) in [6.07, 6.45) is 76.6. The van der Waals surface area contributed by atoms with Crippen LogP contribution in [0.15, 0.2) is 0 Å². The van der Waals surface area contributed by atoms with Gasteiger partial charge in [0, 0.05) is 25.7 Å². The van der Waals surface area contributed by atoms with Gasteiger partial charge in [-0.2, -0.15) is 0 Å². The first kappa shape index (κ1) is 106. The third kappa shape index (κ3) is 80.7. The maximum Gasteiger partial charge on any atom is 0.472 e. The summed E-state index contributed by atoms with van der Waals surface area (Å²) in [4.78, 5) is 73.3. The summed E-state index contributed by atoms with van der Waals surface area (Å²) in [5, 5.41) is 10.7. The Morgan fingerprint density at radius 1 is 0.259 bits per heavy atom. The molecule has 0 heterocycles. The smallest absolute Gasteiger partial charge is 0.462 e. The molecule has 0 amide bonds. The number of hydrogen-bond donors (Lipinski definition) is 3. The van der Waals surface area contributed by atoms with Crippen LogP contribution in [0.25, 0.3) is 0 Å². The Labute approximate surface area is 664 Å². The van der Waals surface area contributed by atoms with Crippen molar-refractivity contribution >= 4 is 39.5 Å². The van der Waals surface area contributed by atoms with E-state index in [4.69, 9.17) is 37.0 Å². The van der Waals surface area contributed by atoms with Crippen molar-refractivity contribution in [3.63, 3.8) is 0 Å². The van der Waals surface area contributed by atoms with Crippen LogP contribution in [-0.2, 0) is 65.4 Å². The molecule has 0 rings (SSSR count). The Hall–Kier alpha value is -1.94. The second-order valence-corrected chi connectivity index (χ2v) is 35.1. The minimum Gasteiger partial charge on any atom is -0.462 e. The largest absolute Gasteiger partial charge is 0.472 e. The average molecular weight is 1580 g/mol. The van der Waals surface area contributed by atoms with Crippen molar-refractivity contribution in [3.8, 4) is 0 Å². The maximum absolute atomic E-state index is 13.2. The molecule has 0 radical (unpaired) electrons. The quantitative estimate of drug-likeness (QED) is 0.0222. The van der Waals surface area contributed by atoms with Crippen molar-refractivity contribution < 1.29 is 80.2 Å². The molecule has 0 saturated carbocycles. The molecule has 0 spiro atoms. The molecule has 0 aliphatic rings. The molecular formula is C89H174O17P2. The van der Waals surface area contributed by atoms with Crippen LogP contribution in [0.3, 0.4) is 0 Å². The van der Waals surface area contributed by atoms with Crippen LogP contribution in [0, 0.1) is 5.92 Å². The second-order valence-electron chi connectivity index (χ2n) is 32.2. The Morgan fingerprint density at radius 2 is 0.444 bits per heavy atom. The van der Waals surface area contributed by atoms with Gasteiger partial charge in [0.2, 0.25) is 0 Å². The summed E-state index contributed by atoms with van der Waals surface area (Å²) in [5.41, 5.74) is 0. The van der Waals surface area contributed by atoms with E-state index in [0.29, 0.717) is 25.7 Å². The molecule has 19 heteroatoms. The number of aliphatic hydroxyl groups is 1. The topological polar surface area (TPSA) is 237 Å². The zero-order chi connectivity index (χ0) is 79.0. The number of esters is 4. The van der Waals surface area contributed by atoms with Crippen molar-refractivity contribution in [3.05, 3.63) is 0 Å². The van der Waals surface area contributed by atoms with E-state index >= 15 is 0 Å². The minimum atomic E-state index is -4.97. The number of aliphatic hydroxyl groups excluding tert-OH is 1. The lowest BCUT2D eigenvalue weighted by atomic mass is 9.99. The fourth-order valence-electron chi connectivity index (χ4n) is 14.0. The normalized spacial score (nSPS) is 14.0. The lowest BCUT2D eigenvalue weighted by Crippen LogP contribution is -2.30. The second kappa shape index (κ2) is 81.6. The van der Waals surface area contributed by atoms with Gasteiger partial charge >= 0.3 is 39.5 Å². The van der Waals surface area contributed by atoms with Crippen LogP contribution in [0.2, 0.25) is 0 Å². The summed E-state index contributed by atoms with van der Waals surface area (Å²) < 4.78 is 69.0. The van der Waals surface area contributed by atoms with Crippen LogP contribution in [0.5, 0.6) is 0 Å². The highest BCUT2D eigenvalue weighted by atomic mass is 31.2. The SMILES string of the molecule is CCCCCCCCCCCCCCCCCCCCCCCCC(=O)OC[C@H](COP(=O)(O)OC[C@@H](O)COP(=O)(O)OC[C@@H](COC(=O)CCCCCCCCCCCCCC)OC(=O)CCCCCCCCCCC(C)CC)OC(=O)CCCCCCCCCCCCCCCCCCCCCCCC. The fourth-order valence-corrected chi connectivity index (χ4v) is 15.5. The number of phosphoric ester groups is 2. The Bertz CT molecular complexity index is 2050. The molecule has 17 nitrogen and oxygen atoms in total. The minimum absolute atomic E-state index is 0.106.